The van der Waals surface area contributed by atoms with Gasteiger partial charge in [-0.25, -0.2) is 0 Å². The third kappa shape index (κ3) is 3.07. The quantitative estimate of drug-likeness (QED) is 0.895. The zero-order chi connectivity index (χ0) is 14.8. The molecule has 0 saturated heterocycles. The summed E-state index contributed by atoms with van der Waals surface area (Å²) in [4.78, 5) is 13.5. The van der Waals surface area contributed by atoms with E-state index in [-0.39, 0.29) is 12.3 Å². The van der Waals surface area contributed by atoms with Crippen LogP contribution in [-0.4, -0.2) is 24.2 Å². The van der Waals surface area contributed by atoms with Gasteiger partial charge >= 0.3 is 5.97 Å². The van der Waals surface area contributed by atoms with Gasteiger partial charge in [0.15, 0.2) is 0 Å². The molecule has 1 atom stereocenters. The highest BCUT2D eigenvalue weighted by molar-refractivity contribution is 5.69. The second-order valence-electron chi connectivity index (χ2n) is 6.69. The van der Waals surface area contributed by atoms with Crippen molar-refractivity contribution in [3.05, 3.63) is 29.3 Å². The molecule has 3 heteroatoms. The number of anilines is 1. The maximum absolute atomic E-state index is 11.0. The van der Waals surface area contributed by atoms with Gasteiger partial charge in [-0.05, 0) is 48.3 Å². The van der Waals surface area contributed by atoms with Crippen molar-refractivity contribution in [2.75, 3.05) is 18.0 Å². The maximum atomic E-state index is 11.0. The van der Waals surface area contributed by atoms with Gasteiger partial charge < -0.3 is 10.0 Å². The van der Waals surface area contributed by atoms with Crippen LogP contribution >= 0.6 is 0 Å². The molecule has 114 valence electrons. The Morgan fingerprint density at radius 2 is 2.14 bits per heavy atom. The van der Waals surface area contributed by atoms with Gasteiger partial charge in [0.05, 0.1) is 6.42 Å². The first-order valence-corrected chi connectivity index (χ1v) is 8.23. The second kappa shape index (κ2) is 6.08. The van der Waals surface area contributed by atoms with Crippen LogP contribution in [0.15, 0.2) is 18.2 Å². The fourth-order valence-electron chi connectivity index (χ4n) is 4.06. The third-order valence-corrected chi connectivity index (χ3v) is 5.12. The molecule has 21 heavy (non-hydrogen) atoms. The van der Waals surface area contributed by atoms with E-state index in [1.165, 1.54) is 49.0 Å². The van der Waals surface area contributed by atoms with Crippen molar-refractivity contribution in [1.82, 2.24) is 0 Å². The van der Waals surface area contributed by atoms with Crippen molar-refractivity contribution in [3.63, 3.8) is 0 Å². The number of fused-ring (bicyclic) bond motifs is 1. The molecular formula is C18H25NO2. The molecule has 1 aliphatic heterocycles. The summed E-state index contributed by atoms with van der Waals surface area (Å²) in [6.45, 7) is 4.32. The minimum absolute atomic E-state index is 0.101. The van der Waals surface area contributed by atoms with E-state index < -0.39 is 5.97 Å². The lowest BCUT2D eigenvalue weighted by Crippen LogP contribution is -2.26. The number of carboxylic acid groups (broad SMARTS) is 1. The summed E-state index contributed by atoms with van der Waals surface area (Å²) in [5, 5.41) is 9.03. The number of carboxylic acids is 1. The SMILES string of the molecule is CC(CC(=O)O)c1cccc2c1CCN2CC1CCCC1. The van der Waals surface area contributed by atoms with Gasteiger partial charge in [0.2, 0.25) is 0 Å². The predicted molar refractivity (Wildman–Crippen MR) is 85.0 cm³/mol. The van der Waals surface area contributed by atoms with Crippen LogP contribution in [-0.2, 0) is 11.2 Å². The number of benzene rings is 1. The Morgan fingerprint density at radius 3 is 2.86 bits per heavy atom. The average molecular weight is 287 g/mol. The summed E-state index contributed by atoms with van der Waals surface area (Å²) in [6, 6.07) is 6.43. The van der Waals surface area contributed by atoms with E-state index in [0.29, 0.717) is 0 Å². The lowest BCUT2D eigenvalue weighted by Gasteiger charge is -2.24. The fourth-order valence-corrected chi connectivity index (χ4v) is 4.06. The van der Waals surface area contributed by atoms with Gasteiger partial charge in [-0.2, -0.15) is 0 Å². The highest BCUT2D eigenvalue weighted by Gasteiger charge is 2.27. The van der Waals surface area contributed by atoms with Gasteiger partial charge in [-0.1, -0.05) is 31.9 Å². The number of nitrogens with zero attached hydrogens (tertiary/aromatic N) is 1. The van der Waals surface area contributed by atoms with Crippen LogP contribution < -0.4 is 4.90 Å². The Bertz CT molecular complexity index is 520. The van der Waals surface area contributed by atoms with Gasteiger partial charge in [0, 0.05) is 18.8 Å². The lowest BCUT2D eigenvalue weighted by atomic mass is 9.92. The predicted octanol–water partition coefficient (Wildman–Crippen LogP) is 3.82. The van der Waals surface area contributed by atoms with Crippen LogP contribution in [0, 0.1) is 5.92 Å². The molecule has 1 aromatic carbocycles. The van der Waals surface area contributed by atoms with Crippen molar-refractivity contribution < 1.29 is 9.90 Å². The molecule has 1 N–H and O–H groups in total. The zero-order valence-corrected chi connectivity index (χ0v) is 12.8. The monoisotopic (exact) mass is 287 g/mol. The van der Waals surface area contributed by atoms with Crippen molar-refractivity contribution in [2.45, 2.75) is 51.4 Å². The molecule has 0 radical (unpaired) electrons. The molecule has 3 rings (SSSR count). The minimum Gasteiger partial charge on any atom is -0.481 e. The fraction of sp³-hybridized carbons (Fsp3) is 0.611. The summed E-state index contributed by atoms with van der Waals surface area (Å²) < 4.78 is 0. The van der Waals surface area contributed by atoms with Gasteiger partial charge in [0.1, 0.15) is 0 Å². The first-order chi connectivity index (χ1) is 10.1. The average Bonchev–Trinajstić information content (AvgIpc) is 3.08. The lowest BCUT2D eigenvalue weighted by molar-refractivity contribution is -0.137. The number of carbonyl (C=O) groups is 1. The molecule has 1 aromatic rings. The summed E-state index contributed by atoms with van der Waals surface area (Å²) in [7, 11) is 0. The molecule has 0 spiro atoms. The molecule has 1 unspecified atom stereocenters. The first kappa shape index (κ1) is 14.4. The van der Waals surface area contributed by atoms with Crippen LogP contribution in [0.25, 0.3) is 0 Å². The topological polar surface area (TPSA) is 40.5 Å². The molecule has 1 aliphatic carbocycles. The van der Waals surface area contributed by atoms with Crippen LogP contribution in [0.4, 0.5) is 5.69 Å². The molecule has 1 heterocycles. The van der Waals surface area contributed by atoms with Gasteiger partial charge in [0.25, 0.3) is 0 Å². The molecule has 3 nitrogen and oxygen atoms in total. The van der Waals surface area contributed by atoms with E-state index in [4.69, 9.17) is 5.11 Å². The Kier molecular flexibility index (Phi) is 4.18. The normalized spacial score (nSPS) is 19.8. The van der Waals surface area contributed by atoms with Crippen LogP contribution in [0.5, 0.6) is 0 Å². The smallest absolute Gasteiger partial charge is 0.303 e. The summed E-state index contributed by atoms with van der Waals surface area (Å²) in [5.74, 6) is 0.251. The van der Waals surface area contributed by atoms with E-state index in [1.54, 1.807) is 0 Å². The number of hydrogen-bond acceptors (Lipinski definition) is 2. The molecular weight excluding hydrogens is 262 g/mol. The van der Waals surface area contributed by atoms with E-state index >= 15 is 0 Å². The van der Waals surface area contributed by atoms with E-state index in [0.717, 1.165) is 18.9 Å². The Balaban J connectivity index is 1.78. The minimum atomic E-state index is -0.707. The summed E-state index contributed by atoms with van der Waals surface area (Å²) in [6.07, 6.45) is 6.82. The summed E-state index contributed by atoms with van der Waals surface area (Å²) >= 11 is 0. The summed E-state index contributed by atoms with van der Waals surface area (Å²) in [5.41, 5.74) is 3.99. The van der Waals surface area contributed by atoms with Crippen LogP contribution in [0.1, 0.15) is 56.1 Å². The van der Waals surface area contributed by atoms with E-state index in [1.807, 2.05) is 6.92 Å². The van der Waals surface area contributed by atoms with Crippen molar-refractivity contribution in [1.29, 1.82) is 0 Å². The number of aliphatic carboxylic acids is 1. The van der Waals surface area contributed by atoms with Crippen molar-refractivity contribution in [2.24, 2.45) is 5.92 Å². The van der Waals surface area contributed by atoms with E-state index in [9.17, 15) is 4.79 Å². The van der Waals surface area contributed by atoms with Crippen molar-refractivity contribution >= 4 is 11.7 Å². The standard InChI is InChI=1S/C18H25NO2/c1-13(11-18(20)21)15-7-4-8-17-16(15)9-10-19(17)12-14-5-2-3-6-14/h4,7-8,13-14H,2-3,5-6,9-12H2,1H3,(H,20,21). The van der Waals surface area contributed by atoms with E-state index in [2.05, 4.69) is 23.1 Å². The number of rotatable bonds is 5. The molecule has 0 bridgehead atoms. The molecule has 0 aromatic heterocycles. The Morgan fingerprint density at radius 1 is 1.38 bits per heavy atom. The Labute approximate surface area is 127 Å². The Hall–Kier alpha value is -1.51. The van der Waals surface area contributed by atoms with Crippen molar-refractivity contribution in [3.8, 4) is 0 Å². The molecule has 1 saturated carbocycles. The van der Waals surface area contributed by atoms with Crippen LogP contribution in [0.3, 0.4) is 0 Å². The van der Waals surface area contributed by atoms with Gasteiger partial charge in [-0.3, -0.25) is 4.79 Å². The largest absolute Gasteiger partial charge is 0.481 e. The highest BCUT2D eigenvalue weighted by Crippen LogP contribution is 2.37. The zero-order valence-electron chi connectivity index (χ0n) is 12.8. The highest BCUT2D eigenvalue weighted by atomic mass is 16.4. The first-order valence-electron chi connectivity index (χ1n) is 8.23. The van der Waals surface area contributed by atoms with Crippen LogP contribution in [0.2, 0.25) is 0 Å². The third-order valence-electron chi connectivity index (χ3n) is 5.12. The molecule has 0 amide bonds. The molecule has 2 aliphatic rings. The number of hydrogen-bond donors (Lipinski definition) is 1. The van der Waals surface area contributed by atoms with Gasteiger partial charge in [-0.15, -0.1) is 0 Å². The maximum Gasteiger partial charge on any atom is 0.303 e. The second-order valence-corrected chi connectivity index (χ2v) is 6.69. The molecule has 1 fully saturated rings.